The first-order valence-electron chi connectivity index (χ1n) is 7.51. The molecule has 0 aliphatic carbocycles. The Morgan fingerprint density at radius 2 is 1.87 bits per heavy atom. The van der Waals surface area contributed by atoms with Crippen LogP contribution in [0.3, 0.4) is 0 Å². The van der Waals surface area contributed by atoms with Gasteiger partial charge >= 0.3 is 6.18 Å². The zero-order valence-corrected chi connectivity index (χ0v) is 12.7. The van der Waals surface area contributed by atoms with Crippen LogP contribution in [-0.2, 0) is 6.18 Å². The molecule has 1 aliphatic heterocycles. The molecule has 0 unspecified atom stereocenters. The Labute approximate surface area is 132 Å². The van der Waals surface area contributed by atoms with E-state index in [0.717, 1.165) is 30.6 Å². The zero-order chi connectivity index (χ0) is 16.4. The summed E-state index contributed by atoms with van der Waals surface area (Å²) in [4.78, 5) is 14.1. The van der Waals surface area contributed by atoms with Crippen molar-refractivity contribution in [2.24, 2.45) is 0 Å². The van der Waals surface area contributed by atoms with Gasteiger partial charge in [-0.05, 0) is 31.9 Å². The summed E-state index contributed by atoms with van der Waals surface area (Å²) in [5, 5.41) is 0. The molecule has 1 fully saturated rings. The van der Waals surface area contributed by atoms with Gasteiger partial charge in [-0.2, -0.15) is 13.2 Å². The molecule has 3 heterocycles. The lowest BCUT2D eigenvalue weighted by atomic mass is 9.95. The Bertz CT molecular complexity index is 679. The van der Waals surface area contributed by atoms with Crippen molar-refractivity contribution in [1.82, 2.24) is 15.0 Å². The molecule has 7 heteroatoms. The van der Waals surface area contributed by atoms with E-state index >= 15 is 0 Å². The largest absolute Gasteiger partial charge is 0.419 e. The third kappa shape index (κ3) is 3.43. The number of anilines is 1. The topological polar surface area (TPSA) is 41.9 Å². The van der Waals surface area contributed by atoms with Gasteiger partial charge in [0, 0.05) is 43.3 Å². The van der Waals surface area contributed by atoms with E-state index in [9.17, 15) is 13.2 Å². The van der Waals surface area contributed by atoms with E-state index in [1.165, 1.54) is 12.3 Å². The second-order valence-electron chi connectivity index (χ2n) is 5.71. The van der Waals surface area contributed by atoms with Gasteiger partial charge in [0.1, 0.15) is 5.82 Å². The summed E-state index contributed by atoms with van der Waals surface area (Å²) in [6.45, 7) is 3.01. The Balaban J connectivity index is 1.75. The molecule has 122 valence electrons. The molecular formula is C16H17F3N4. The zero-order valence-electron chi connectivity index (χ0n) is 12.7. The van der Waals surface area contributed by atoms with E-state index in [4.69, 9.17) is 0 Å². The van der Waals surface area contributed by atoms with Crippen LogP contribution in [0, 0.1) is 6.92 Å². The fourth-order valence-electron chi connectivity index (χ4n) is 2.92. The van der Waals surface area contributed by atoms with Crippen LogP contribution in [0.1, 0.15) is 35.8 Å². The molecule has 0 amide bonds. The highest BCUT2D eigenvalue weighted by atomic mass is 19.4. The highest BCUT2D eigenvalue weighted by molar-refractivity contribution is 5.54. The summed E-state index contributed by atoms with van der Waals surface area (Å²) in [5.41, 5.74) is 0.437. The smallest absolute Gasteiger partial charge is 0.371 e. The average Bonchev–Trinajstić information content (AvgIpc) is 2.54. The molecule has 0 atom stereocenters. The summed E-state index contributed by atoms with van der Waals surface area (Å²) < 4.78 is 39.3. The molecule has 23 heavy (non-hydrogen) atoms. The van der Waals surface area contributed by atoms with Gasteiger partial charge in [0.2, 0.25) is 0 Å². The average molecular weight is 322 g/mol. The van der Waals surface area contributed by atoms with Gasteiger partial charge in [-0.1, -0.05) is 0 Å². The van der Waals surface area contributed by atoms with Crippen molar-refractivity contribution in [3.8, 4) is 0 Å². The summed E-state index contributed by atoms with van der Waals surface area (Å²) in [5.74, 6) is 0.984. The van der Waals surface area contributed by atoms with Gasteiger partial charge in [-0.25, -0.2) is 9.97 Å². The SMILES string of the molecule is Cc1ccnc(C2CCN(c3ccncc3C(F)(F)F)CC2)n1. The van der Waals surface area contributed by atoms with Crippen LogP contribution in [0.4, 0.5) is 18.9 Å². The first-order valence-corrected chi connectivity index (χ1v) is 7.51. The van der Waals surface area contributed by atoms with Crippen LogP contribution >= 0.6 is 0 Å². The second-order valence-corrected chi connectivity index (χ2v) is 5.71. The first kappa shape index (κ1) is 15.7. The lowest BCUT2D eigenvalue weighted by molar-refractivity contribution is -0.137. The molecule has 4 nitrogen and oxygen atoms in total. The number of alkyl halides is 3. The molecular weight excluding hydrogens is 305 g/mol. The van der Waals surface area contributed by atoms with Crippen molar-refractivity contribution in [2.75, 3.05) is 18.0 Å². The van der Waals surface area contributed by atoms with E-state index in [2.05, 4.69) is 15.0 Å². The van der Waals surface area contributed by atoms with Crippen molar-refractivity contribution in [3.63, 3.8) is 0 Å². The van der Waals surface area contributed by atoms with Crippen molar-refractivity contribution < 1.29 is 13.2 Å². The molecule has 3 rings (SSSR count). The van der Waals surface area contributed by atoms with Gasteiger partial charge in [0.25, 0.3) is 0 Å². The van der Waals surface area contributed by atoms with E-state index in [-0.39, 0.29) is 11.6 Å². The molecule has 0 bridgehead atoms. The van der Waals surface area contributed by atoms with E-state index in [1.54, 1.807) is 11.1 Å². The Morgan fingerprint density at radius 1 is 1.13 bits per heavy atom. The minimum atomic E-state index is -4.39. The van der Waals surface area contributed by atoms with E-state index in [0.29, 0.717) is 13.1 Å². The van der Waals surface area contributed by atoms with Crippen molar-refractivity contribution in [2.45, 2.75) is 31.9 Å². The second kappa shape index (κ2) is 6.14. The molecule has 1 aliphatic rings. The molecule has 2 aromatic rings. The highest BCUT2D eigenvalue weighted by Crippen LogP contribution is 2.38. The summed E-state index contributed by atoms with van der Waals surface area (Å²) >= 11 is 0. The monoisotopic (exact) mass is 322 g/mol. The molecule has 0 radical (unpaired) electrons. The van der Waals surface area contributed by atoms with Crippen molar-refractivity contribution in [3.05, 3.63) is 47.8 Å². The number of aryl methyl sites for hydroxylation is 1. The van der Waals surface area contributed by atoms with E-state index < -0.39 is 11.7 Å². The maximum Gasteiger partial charge on any atom is 0.419 e. The quantitative estimate of drug-likeness (QED) is 0.847. The lowest BCUT2D eigenvalue weighted by Gasteiger charge is -2.34. The Morgan fingerprint density at radius 3 is 2.52 bits per heavy atom. The third-order valence-electron chi connectivity index (χ3n) is 4.12. The highest BCUT2D eigenvalue weighted by Gasteiger charge is 2.36. The van der Waals surface area contributed by atoms with Gasteiger partial charge in [0.15, 0.2) is 0 Å². The minimum absolute atomic E-state index is 0.197. The maximum atomic E-state index is 13.1. The van der Waals surface area contributed by atoms with Crippen LogP contribution in [0.25, 0.3) is 0 Å². The Hall–Kier alpha value is -2.18. The Kier molecular flexibility index (Phi) is 4.19. The molecule has 1 saturated heterocycles. The fraction of sp³-hybridized carbons (Fsp3) is 0.438. The number of pyridine rings is 1. The first-order chi connectivity index (χ1) is 10.9. The predicted octanol–water partition coefficient (Wildman–Crippen LogP) is 3.58. The van der Waals surface area contributed by atoms with Crippen molar-refractivity contribution in [1.29, 1.82) is 0 Å². The van der Waals surface area contributed by atoms with Crippen LogP contribution < -0.4 is 4.90 Å². The van der Waals surface area contributed by atoms with Gasteiger partial charge in [-0.3, -0.25) is 4.98 Å². The third-order valence-corrected chi connectivity index (χ3v) is 4.12. The number of nitrogens with zero attached hydrogens (tertiary/aromatic N) is 4. The lowest BCUT2D eigenvalue weighted by Crippen LogP contribution is -2.34. The molecule has 0 saturated carbocycles. The molecule has 0 N–H and O–H groups in total. The van der Waals surface area contributed by atoms with Gasteiger partial charge < -0.3 is 4.90 Å². The standard InChI is InChI=1S/C16H17F3N4/c1-11-2-7-21-15(22-11)12-4-8-23(9-5-12)14-3-6-20-10-13(14)16(17,18)19/h2-3,6-7,10,12H,4-5,8-9H2,1H3. The maximum absolute atomic E-state index is 13.1. The summed E-state index contributed by atoms with van der Waals surface area (Å²) in [6, 6.07) is 3.28. The number of halogens is 3. The van der Waals surface area contributed by atoms with Crippen LogP contribution in [-0.4, -0.2) is 28.0 Å². The minimum Gasteiger partial charge on any atom is -0.371 e. The van der Waals surface area contributed by atoms with Gasteiger partial charge in [-0.15, -0.1) is 0 Å². The summed E-state index contributed by atoms with van der Waals surface area (Å²) in [6.07, 6.45) is 1.12. The normalized spacial score (nSPS) is 16.6. The number of hydrogen-bond acceptors (Lipinski definition) is 4. The number of rotatable bonds is 2. The van der Waals surface area contributed by atoms with Crippen LogP contribution in [0.2, 0.25) is 0 Å². The molecule has 0 aromatic carbocycles. The summed E-state index contributed by atoms with van der Waals surface area (Å²) in [7, 11) is 0. The molecule has 2 aromatic heterocycles. The van der Waals surface area contributed by atoms with Crippen LogP contribution in [0.5, 0.6) is 0 Å². The van der Waals surface area contributed by atoms with Gasteiger partial charge in [0.05, 0.1) is 11.3 Å². The number of piperidine rings is 1. The molecule has 0 spiro atoms. The number of aromatic nitrogens is 3. The van der Waals surface area contributed by atoms with E-state index in [1.807, 2.05) is 13.0 Å². The predicted molar refractivity (Wildman–Crippen MR) is 80.2 cm³/mol. The van der Waals surface area contributed by atoms with Crippen molar-refractivity contribution >= 4 is 5.69 Å². The number of hydrogen-bond donors (Lipinski definition) is 0. The fourth-order valence-corrected chi connectivity index (χ4v) is 2.92. The van der Waals surface area contributed by atoms with Crippen LogP contribution in [0.15, 0.2) is 30.7 Å².